The summed E-state index contributed by atoms with van der Waals surface area (Å²) in [6, 6.07) is 5.63. The van der Waals surface area contributed by atoms with Gasteiger partial charge in [0.25, 0.3) is 0 Å². The highest BCUT2D eigenvalue weighted by Crippen LogP contribution is 2.29. The zero-order valence-electron chi connectivity index (χ0n) is 12.7. The minimum atomic E-state index is -0.540. The van der Waals surface area contributed by atoms with Crippen molar-refractivity contribution in [1.82, 2.24) is 4.90 Å². The summed E-state index contributed by atoms with van der Waals surface area (Å²) in [4.78, 5) is 37.1. The molecule has 0 aromatic heterocycles. The lowest BCUT2D eigenvalue weighted by Gasteiger charge is -2.17. The van der Waals surface area contributed by atoms with Gasteiger partial charge in [0.15, 0.2) is 5.78 Å². The van der Waals surface area contributed by atoms with Crippen LogP contribution in [0.3, 0.4) is 0 Å². The molecule has 6 heteroatoms. The van der Waals surface area contributed by atoms with E-state index in [-0.39, 0.29) is 24.0 Å². The lowest BCUT2D eigenvalue weighted by molar-refractivity contribution is -0.134. The molecule has 1 saturated heterocycles. The maximum absolute atomic E-state index is 12.5. The first-order chi connectivity index (χ1) is 10.4. The minimum absolute atomic E-state index is 0.0705. The molecular formula is C16H17NO4S. The van der Waals surface area contributed by atoms with Gasteiger partial charge < -0.3 is 4.74 Å². The number of esters is 1. The molecule has 1 fully saturated rings. The summed E-state index contributed by atoms with van der Waals surface area (Å²) >= 11 is 1.23. The van der Waals surface area contributed by atoms with E-state index >= 15 is 0 Å². The Morgan fingerprint density at radius 2 is 2.09 bits per heavy atom. The lowest BCUT2D eigenvalue weighted by atomic mass is 10.0. The topological polar surface area (TPSA) is 63.7 Å². The molecule has 0 N–H and O–H groups in total. The van der Waals surface area contributed by atoms with E-state index in [4.69, 9.17) is 0 Å². The number of hydrogen-bond acceptors (Lipinski definition) is 5. The van der Waals surface area contributed by atoms with Crippen molar-refractivity contribution in [2.45, 2.75) is 13.8 Å². The second-order valence-electron chi connectivity index (χ2n) is 5.02. The molecule has 2 rings (SSSR count). The van der Waals surface area contributed by atoms with E-state index in [1.54, 1.807) is 0 Å². The molecular weight excluding hydrogens is 302 g/mol. The smallest absolute Gasteiger partial charge is 0.333 e. The van der Waals surface area contributed by atoms with Crippen molar-refractivity contribution in [3.63, 3.8) is 0 Å². The molecule has 0 spiro atoms. The number of aryl methyl sites for hydroxylation is 2. The molecule has 5 nitrogen and oxygen atoms in total. The van der Waals surface area contributed by atoms with Crippen molar-refractivity contribution in [2.24, 2.45) is 0 Å². The minimum Gasteiger partial charge on any atom is -0.466 e. The van der Waals surface area contributed by atoms with E-state index in [1.807, 2.05) is 32.0 Å². The summed E-state index contributed by atoms with van der Waals surface area (Å²) in [5.41, 5.74) is 2.46. The van der Waals surface area contributed by atoms with E-state index < -0.39 is 5.97 Å². The van der Waals surface area contributed by atoms with Crippen LogP contribution in [0.25, 0.3) is 0 Å². The summed E-state index contributed by atoms with van der Waals surface area (Å²) in [6.45, 7) is 3.70. The largest absolute Gasteiger partial charge is 0.466 e. The third-order valence-corrected chi connectivity index (χ3v) is 4.37. The first-order valence-electron chi connectivity index (χ1n) is 6.75. The van der Waals surface area contributed by atoms with Gasteiger partial charge >= 0.3 is 5.97 Å². The molecule has 1 aromatic rings. The molecule has 0 unspecified atom stereocenters. The summed E-state index contributed by atoms with van der Waals surface area (Å²) < 4.78 is 4.57. The molecule has 1 aliphatic heterocycles. The van der Waals surface area contributed by atoms with Gasteiger partial charge in [-0.1, -0.05) is 29.5 Å². The first kappa shape index (κ1) is 16.3. The van der Waals surface area contributed by atoms with Crippen LogP contribution in [0.5, 0.6) is 0 Å². The van der Waals surface area contributed by atoms with Crippen LogP contribution in [0.1, 0.15) is 21.5 Å². The number of methoxy groups -OCH3 is 1. The second-order valence-corrected chi connectivity index (χ2v) is 6.01. The number of benzene rings is 1. The molecule has 0 bridgehead atoms. The Balaban J connectivity index is 2.22. The van der Waals surface area contributed by atoms with Gasteiger partial charge in [-0.3, -0.25) is 14.5 Å². The molecule has 116 valence electrons. The van der Waals surface area contributed by atoms with Crippen LogP contribution in [0.4, 0.5) is 0 Å². The summed E-state index contributed by atoms with van der Waals surface area (Å²) in [5.74, 6) is -0.642. The molecule has 0 radical (unpaired) electrons. The summed E-state index contributed by atoms with van der Waals surface area (Å²) in [6.07, 6.45) is 1.24. The quantitative estimate of drug-likeness (QED) is 0.483. The monoisotopic (exact) mass is 319 g/mol. The van der Waals surface area contributed by atoms with Crippen molar-refractivity contribution in [1.29, 1.82) is 0 Å². The number of carbonyl (C=O) groups is 3. The average molecular weight is 319 g/mol. The zero-order valence-corrected chi connectivity index (χ0v) is 13.5. The fraction of sp³-hybridized carbons (Fsp3) is 0.312. The number of hydrogen-bond donors (Lipinski definition) is 0. The van der Waals surface area contributed by atoms with Crippen LogP contribution in [0.2, 0.25) is 0 Å². The Bertz CT molecular complexity index is 666. The Morgan fingerprint density at radius 1 is 1.36 bits per heavy atom. The maximum Gasteiger partial charge on any atom is 0.333 e. The number of rotatable bonds is 4. The highest BCUT2D eigenvalue weighted by molar-refractivity contribution is 8.04. The molecule has 0 saturated carbocycles. The third-order valence-electron chi connectivity index (χ3n) is 3.35. The Kier molecular flexibility index (Phi) is 5.03. The fourth-order valence-corrected chi connectivity index (χ4v) is 3.05. The third kappa shape index (κ3) is 3.57. The van der Waals surface area contributed by atoms with Crippen LogP contribution >= 0.6 is 11.8 Å². The highest BCUT2D eigenvalue weighted by Gasteiger charge is 2.29. The number of Topliss-reactive ketones (excluding diaryl/α,β-unsaturated/α-hetero) is 1. The van der Waals surface area contributed by atoms with Crippen molar-refractivity contribution in [2.75, 3.05) is 19.4 Å². The van der Waals surface area contributed by atoms with Crippen LogP contribution in [-0.4, -0.2) is 42.0 Å². The van der Waals surface area contributed by atoms with E-state index in [9.17, 15) is 14.4 Å². The van der Waals surface area contributed by atoms with Crippen LogP contribution in [0.15, 0.2) is 29.3 Å². The van der Waals surface area contributed by atoms with E-state index in [0.29, 0.717) is 10.6 Å². The SMILES string of the molecule is COC(=O)/C=C1/SCC(=O)N1CC(=O)c1cc(C)ccc1C. The Hall–Kier alpha value is -2.08. The molecule has 1 amide bonds. The average Bonchev–Trinajstić information content (AvgIpc) is 2.82. The summed E-state index contributed by atoms with van der Waals surface area (Å²) in [7, 11) is 1.27. The highest BCUT2D eigenvalue weighted by atomic mass is 32.2. The first-order valence-corrected chi connectivity index (χ1v) is 7.74. The number of carbonyl (C=O) groups excluding carboxylic acids is 3. The van der Waals surface area contributed by atoms with E-state index in [0.717, 1.165) is 11.1 Å². The molecule has 1 aliphatic rings. The van der Waals surface area contributed by atoms with Gasteiger partial charge in [0.2, 0.25) is 5.91 Å². The summed E-state index contributed by atoms with van der Waals surface area (Å²) in [5, 5.41) is 0.454. The van der Waals surface area contributed by atoms with Crippen LogP contribution in [0, 0.1) is 13.8 Å². The van der Waals surface area contributed by atoms with Crippen molar-refractivity contribution in [3.05, 3.63) is 46.0 Å². The molecule has 1 heterocycles. The predicted molar refractivity (Wildman–Crippen MR) is 84.5 cm³/mol. The second kappa shape index (κ2) is 6.79. The van der Waals surface area contributed by atoms with Gasteiger partial charge in [-0.05, 0) is 25.5 Å². The van der Waals surface area contributed by atoms with Gasteiger partial charge in [0, 0.05) is 5.56 Å². The maximum atomic E-state index is 12.5. The molecule has 22 heavy (non-hydrogen) atoms. The number of ether oxygens (including phenoxy) is 1. The number of ketones is 1. The zero-order chi connectivity index (χ0) is 16.3. The lowest BCUT2D eigenvalue weighted by Crippen LogP contribution is -2.31. The molecule has 1 aromatic carbocycles. The normalized spacial score (nSPS) is 16.2. The fourth-order valence-electron chi connectivity index (χ4n) is 2.12. The van der Waals surface area contributed by atoms with Crippen molar-refractivity contribution in [3.8, 4) is 0 Å². The predicted octanol–water partition coefficient (Wildman–Crippen LogP) is 2.08. The van der Waals surface area contributed by atoms with Crippen LogP contribution in [-0.2, 0) is 14.3 Å². The van der Waals surface area contributed by atoms with Gasteiger partial charge in [-0.15, -0.1) is 0 Å². The Morgan fingerprint density at radius 3 is 2.77 bits per heavy atom. The Labute approximate surface area is 133 Å². The van der Waals surface area contributed by atoms with Gasteiger partial charge in [-0.25, -0.2) is 4.79 Å². The number of nitrogens with zero attached hydrogens (tertiary/aromatic N) is 1. The van der Waals surface area contributed by atoms with Gasteiger partial charge in [0.1, 0.15) is 0 Å². The number of thioether (sulfide) groups is 1. The number of amides is 1. The van der Waals surface area contributed by atoms with Crippen molar-refractivity contribution < 1.29 is 19.1 Å². The van der Waals surface area contributed by atoms with Gasteiger partial charge in [-0.2, -0.15) is 0 Å². The van der Waals surface area contributed by atoms with Crippen LogP contribution < -0.4 is 0 Å². The standard InChI is InChI=1S/C16H17NO4S/c1-10-4-5-11(2)12(6-10)13(18)8-17-14(19)9-22-15(17)7-16(20)21-3/h4-7H,8-9H2,1-3H3/b15-7+. The van der Waals surface area contributed by atoms with E-state index in [1.165, 1.54) is 29.8 Å². The van der Waals surface area contributed by atoms with Gasteiger partial charge in [0.05, 0.1) is 30.5 Å². The molecule has 0 aliphatic carbocycles. The van der Waals surface area contributed by atoms with Crippen molar-refractivity contribution >= 4 is 29.4 Å². The molecule has 0 atom stereocenters. The van der Waals surface area contributed by atoms with E-state index in [2.05, 4.69) is 4.74 Å².